The van der Waals surface area contributed by atoms with E-state index >= 15 is 0 Å². The molecule has 0 bridgehead atoms. The van der Waals surface area contributed by atoms with E-state index in [9.17, 15) is 9.18 Å². The maximum Gasteiger partial charge on any atom is 0.256 e. The van der Waals surface area contributed by atoms with Crippen LogP contribution in [0.2, 0.25) is 0 Å². The van der Waals surface area contributed by atoms with E-state index in [0.717, 1.165) is 28.2 Å². The van der Waals surface area contributed by atoms with Crippen molar-refractivity contribution in [1.29, 1.82) is 0 Å². The van der Waals surface area contributed by atoms with E-state index in [2.05, 4.69) is 5.10 Å². The number of amides is 1. The highest BCUT2D eigenvalue weighted by molar-refractivity contribution is 5.98. The van der Waals surface area contributed by atoms with E-state index in [1.807, 2.05) is 32.2 Å². The summed E-state index contributed by atoms with van der Waals surface area (Å²) in [6.07, 6.45) is 2.30. The van der Waals surface area contributed by atoms with E-state index in [1.165, 1.54) is 12.1 Å². The lowest BCUT2D eigenvalue weighted by molar-refractivity contribution is 0.0707. The Hall–Kier alpha value is -3.06. The second kappa shape index (κ2) is 7.16. The number of fused-ring (bicyclic) bond motifs is 1. The molecule has 1 aromatic carbocycles. The number of nitrogens with zero attached hydrogens (tertiary/aromatic N) is 4. The third-order valence-corrected chi connectivity index (χ3v) is 5.22. The normalized spacial score (nSPS) is 14.4. The van der Waals surface area contributed by atoms with Crippen molar-refractivity contribution in [1.82, 2.24) is 19.7 Å². The number of carbonyl (C=O) groups is 1. The van der Waals surface area contributed by atoms with Crippen LogP contribution < -0.4 is 5.73 Å². The average molecular weight is 379 g/mol. The van der Waals surface area contributed by atoms with Crippen LogP contribution in [0.4, 0.5) is 4.39 Å². The van der Waals surface area contributed by atoms with Crippen molar-refractivity contribution < 1.29 is 9.18 Å². The van der Waals surface area contributed by atoms with Crippen molar-refractivity contribution in [2.24, 2.45) is 12.8 Å². The molecule has 0 saturated carbocycles. The standard InChI is InChI=1S/C21H22FN5O/c1-13-11-24-26(2)20(13)18-7-6-17-19(25-18)12-27(21(17)28)16(10-23)9-14-4-3-5-15(22)8-14/h3-8,11,16H,9-10,12,23H2,1-2H3/t16-/m0/s1. The van der Waals surface area contributed by atoms with Gasteiger partial charge in [0.1, 0.15) is 5.82 Å². The van der Waals surface area contributed by atoms with Crippen molar-refractivity contribution in [3.8, 4) is 11.4 Å². The monoisotopic (exact) mass is 379 g/mol. The van der Waals surface area contributed by atoms with Crippen molar-refractivity contribution in [3.63, 3.8) is 0 Å². The minimum absolute atomic E-state index is 0.0809. The Morgan fingerprint density at radius 3 is 2.79 bits per heavy atom. The molecule has 0 saturated heterocycles. The SMILES string of the molecule is Cc1cnn(C)c1-c1ccc2c(n1)CN([C@H](CN)Cc1cccc(F)c1)C2=O. The summed E-state index contributed by atoms with van der Waals surface area (Å²) in [4.78, 5) is 19.4. The highest BCUT2D eigenvalue weighted by atomic mass is 19.1. The molecule has 2 aromatic heterocycles. The van der Waals surface area contributed by atoms with E-state index < -0.39 is 0 Å². The first kappa shape index (κ1) is 18.3. The minimum Gasteiger partial charge on any atom is -0.328 e. The smallest absolute Gasteiger partial charge is 0.256 e. The van der Waals surface area contributed by atoms with Gasteiger partial charge in [-0.1, -0.05) is 12.1 Å². The summed E-state index contributed by atoms with van der Waals surface area (Å²) in [7, 11) is 1.87. The molecule has 144 valence electrons. The van der Waals surface area contributed by atoms with Gasteiger partial charge in [0.05, 0.1) is 35.4 Å². The van der Waals surface area contributed by atoms with Crippen LogP contribution in [-0.4, -0.2) is 38.2 Å². The quantitative estimate of drug-likeness (QED) is 0.739. The molecule has 1 amide bonds. The molecule has 0 aliphatic carbocycles. The number of benzene rings is 1. The topological polar surface area (TPSA) is 77.0 Å². The predicted molar refractivity (Wildman–Crippen MR) is 104 cm³/mol. The Labute approximate surface area is 162 Å². The summed E-state index contributed by atoms with van der Waals surface area (Å²) in [6, 6.07) is 9.87. The first-order valence-corrected chi connectivity index (χ1v) is 9.22. The fourth-order valence-electron chi connectivity index (χ4n) is 3.80. The molecule has 4 rings (SSSR count). The lowest BCUT2D eigenvalue weighted by Crippen LogP contribution is -2.42. The predicted octanol–water partition coefficient (Wildman–Crippen LogP) is 2.46. The number of aryl methyl sites for hydroxylation is 2. The Morgan fingerprint density at radius 1 is 1.29 bits per heavy atom. The summed E-state index contributed by atoms with van der Waals surface area (Å²) in [6.45, 7) is 2.68. The first-order chi connectivity index (χ1) is 13.5. The fourth-order valence-corrected chi connectivity index (χ4v) is 3.80. The maximum atomic E-state index is 13.5. The van der Waals surface area contributed by atoms with Crippen LogP contribution in [0.25, 0.3) is 11.4 Å². The van der Waals surface area contributed by atoms with Gasteiger partial charge in [-0.05, 0) is 48.7 Å². The molecule has 0 fully saturated rings. The van der Waals surface area contributed by atoms with Crippen molar-refractivity contribution in [2.75, 3.05) is 6.54 Å². The van der Waals surface area contributed by atoms with Gasteiger partial charge in [-0.25, -0.2) is 9.37 Å². The fraction of sp³-hybridized carbons (Fsp3) is 0.286. The number of hydrogen-bond acceptors (Lipinski definition) is 4. The summed E-state index contributed by atoms with van der Waals surface area (Å²) < 4.78 is 15.3. The van der Waals surface area contributed by atoms with Crippen molar-refractivity contribution in [3.05, 3.63) is 70.8 Å². The molecule has 3 heterocycles. The Bertz CT molecular complexity index is 1030. The second-order valence-corrected chi connectivity index (χ2v) is 7.15. The third-order valence-electron chi connectivity index (χ3n) is 5.22. The van der Waals surface area contributed by atoms with Crippen LogP contribution in [0.5, 0.6) is 0 Å². The van der Waals surface area contributed by atoms with Gasteiger partial charge >= 0.3 is 0 Å². The minimum atomic E-state index is -0.290. The first-order valence-electron chi connectivity index (χ1n) is 9.22. The largest absolute Gasteiger partial charge is 0.328 e. The van der Waals surface area contributed by atoms with Gasteiger partial charge in [-0.15, -0.1) is 0 Å². The van der Waals surface area contributed by atoms with Gasteiger partial charge in [0.25, 0.3) is 5.91 Å². The number of rotatable bonds is 5. The Balaban J connectivity index is 1.61. The van der Waals surface area contributed by atoms with E-state index in [1.54, 1.807) is 21.8 Å². The zero-order chi connectivity index (χ0) is 19.8. The Kier molecular flexibility index (Phi) is 4.68. The summed E-state index contributed by atoms with van der Waals surface area (Å²) in [5.41, 5.74) is 10.9. The molecule has 1 aliphatic heterocycles. The highest BCUT2D eigenvalue weighted by Gasteiger charge is 2.33. The molecule has 28 heavy (non-hydrogen) atoms. The van der Waals surface area contributed by atoms with Gasteiger partial charge in [0.2, 0.25) is 0 Å². The molecule has 6 nitrogen and oxygen atoms in total. The molecule has 0 spiro atoms. The number of aromatic nitrogens is 3. The Morgan fingerprint density at radius 2 is 2.11 bits per heavy atom. The van der Waals surface area contributed by atoms with Crippen LogP contribution >= 0.6 is 0 Å². The molecular formula is C21H22FN5O. The van der Waals surface area contributed by atoms with Crippen LogP contribution in [0.1, 0.15) is 27.2 Å². The number of hydrogen-bond donors (Lipinski definition) is 1. The van der Waals surface area contributed by atoms with Gasteiger partial charge in [-0.3, -0.25) is 9.48 Å². The van der Waals surface area contributed by atoms with Crippen molar-refractivity contribution in [2.45, 2.75) is 25.9 Å². The molecule has 0 unspecified atom stereocenters. The van der Waals surface area contributed by atoms with Crippen LogP contribution in [-0.2, 0) is 20.0 Å². The molecule has 7 heteroatoms. The molecule has 1 atom stereocenters. The van der Waals surface area contributed by atoms with Crippen LogP contribution in [0, 0.1) is 12.7 Å². The third kappa shape index (κ3) is 3.18. The lowest BCUT2D eigenvalue weighted by Gasteiger charge is -2.26. The summed E-state index contributed by atoms with van der Waals surface area (Å²) >= 11 is 0. The molecule has 0 radical (unpaired) electrons. The zero-order valence-corrected chi connectivity index (χ0v) is 15.9. The summed E-state index contributed by atoms with van der Waals surface area (Å²) in [5, 5.41) is 4.26. The number of nitrogens with two attached hydrogens (primary N) is 1. The van der Waals surface area contributed by atoms with E-state index in [4.69, 9.17) is 10.7 Å². The summed E-state index contributed by atoms with van der Waals surface area (Å²) in [5.74, 6) is -0.371. The molecule has 1 aliphatic rings. The highest BCUT2D eigenvalue weighted by Crippen LogP contribution is 2.28. The maximum absolute atomic E-state index is 13.5. The molecular weight excluding hydrogens is 357 g/mol. The number of carbonyl (C=O) groups excluding carboxylic acids is 1. The van der Waals surface area contributed by atoms with Gasteiger partial charge in [0, 0.05) is 19.6 Å². The molecule has 3 aromatic rings. The molecule has 2 N–H and O–H groups in total. The number of halogens is 1. The average Bonchev–Trinajstić information content (AvgIpc) is 3.18. The van der Waals surface area contributed by atoms with Gasteiger partial charge in [-0.2, -0.15) is 5.10 Å². The van der Waals surface area contributed by atoms with E-state index in [-0.39, 0.29) is 17.8 Å². The van der Waals surface area contributed by atoms with E-state index in [0.29, 0.717) is 25.1 Å². The second-order valence-electron chi connectivity index (χ2n) is 7.15. The number of pyridine rings is 1. The van der Waals surface area contributed by atoms with Crippen LogP contribution in [0.15, 0.2) is 42.6 Å². The van der Waals surface area contributed by atoms with Crippen LogP contribution in [0.3, 0.4) is 0 Å². The zero-order valence-electron chi connectivity index (χ0n) is 15.9. The van der Waals surface area contributed by atoms with Gasteiger partial charge < -0.3 is 10.6 Å². The van der Waals surface area contributed by atoms with Crippen molar-refractivity contribution >= 4 is 5.91 Å². The van der Waals surface area contributed by atoms with Gasteiger partial charge in [0.15, 0.2) is 0 Å². The lowest BCUT2D eigenvalue weighted by atomic mass is 10.0.